The number of likely N-dealkylation sites (tertiary alicyclic amines) is 2. The van der Waals surface area contributed by atoms with Gasteiger partial charge in [0.25, 0.3) is 5.91 Å². The molecule has 3 aliphatic rings. The Balaban J connectivity index is 1.23. The topological polar surface area (TPSA) is 52.7 Å². The maximum absolute atomic E-state index is 12.7. The lowest BCUT2D eigenvalue weighted by molar-refractivity contribution is -0.134. The van der Waals surface area contributed by atoms with Crippen molar-refractivity contribution in [2.75, 3.05) is 32.7 Å². The van der Waals surface area contributed by atoms with Crippen molar-refractivity contribution in [3.05, 3.63) is 35.9 Å². The number of benzene rings is 1. The highest BCUT2D eigenvalue weighted by Gasteiger charge is 2.55. The molecule has 0 radical (unpaired) electrons. The fourth-order valence-corrected chi connectivity index (χ4v) is 4.72. The molecule has 2 amide bonds. The molecular weight excluding hydrogens is 338 g/mol. The van der Waals surface area contributed by atoms with E-state index in [2.05, 4.69) is 10.2 Å². The van der Waals surface area contributed by atoms with E-state index in [0.29, 0.717) is 6.54 Å². The van der Waals surface area contributed by atoms with Crippen LogP contribution in [0.25, 0.3) is 0 Å². The predicted octanol–water partition coefficient (Wildman–Crippen LogP) is 2.67. The Morgan fingerprint density at radius 3 is 2.30 bits per heavy atom. The van der Waals surface area contributed by atoms with Crippen LogP contribution >= 0.6 is 0 Å². The Labute approximate surface area is 162 Å². The van der Waals surface area contributed by atoms with Gasteiger partial charge in [-0.05, 0) is 62.7 Å². The van der Waals surface area contributed by atoms with Crippen molar-refractivity contribution in [2.24, 2.45) is 5.41 Å². The molecule has 1 saturated carbocycles. The summed E-state index contributed by atoms with van der Waals surface area (Å²) in [6.07, 6.45) is 8.12. The molecule has 5 nitrogen and oxygen atoms in total. The number of carbonyl (C=O) groups excluding carboxylic acids is 2. The average Bonchev–Trinajstić information content (AvgIpc) is 3.42. The molecule has 1 aliphatic carbocycles. The SMILES string of the molecule is O=C(NC1CC12CCN(C(=O)CN1CCCCCC1)CC2)c1ccccc1. The number of amides is 2. The lowest BCUT2D eigenvalue weighted by Crippen LogP contribution is -2.46. The Morgan fingerprint density at radius 1 is 0.963 bits per heavy atom. The van der Waals surface area contributed by atoms with Crippen LogP contribution in [0.4, 0.5) is 0 Å². The van der Waals surface area contributed by atoms with Gasteiger partial charge in [-0.1, -0.05) is 31.0 Å². The second-order valence-corrected chi connectivity index (χ2v) is 8.53. The first-order valence-corrected chi connectivity index (χ1v) is 10.5. The van der Waals surface area contributed by atoms with Crippen molar-refractivity contribution in [2.45, 2.75) is 51.0 Å². The summed E-state index contributed by atoms with van der Waals surface area (Å²) in [4.78, 5) is 29.4. The van der Waals surface area contributed by atoms with E-state index < -0.39 is 0 Å². The molecule has 2 saturated heterocycles. The summed E-state index contributed by atoms with van der Waals surface area (Å²) in [7, 11) is 0. The zero-order valence-electron chi connectivity index (χ0n) is 16.2. The Hall–Kier alpha value is -1.88. The second-order valence-electron chi connectivity index (χ2n) is 8.53. The molecule has 146 valence electrons. The molecule has 1 aromatic carbocycles. The maximum Gasteiger partial charge on any atom is 0.251 e. The molecule has 1 atom stereocenters. The molecule has 5 heteroatoms. The standard InChI is InChI=1S/C22H31N3O2/c26-20(17-24-12-6-1-2-7-13-24)25-14-10-22(11-15-25)16-19(22)23-21(27)18-8-4-3-5-9-18/h3-5,8-9,19H,1-2,6-7,10-17H2,(H,23,27). The largest absolute Gasteiger partial charge is 0.349 e. The van der Waals surface area contributed by atoms with E-state index in [1.54, 1.807) is 0 Å². The summed E-state index contributed by atoms with van der Waals surface area (Å²) in [6.45, 7) is 4.39. The number of hydrogen-bond donors (Lipinski definition) is 1. The van der Waals surface area contributed by atoms with E-state index in [-0.39, 0.29) is 23.3 Å². The molecule has 1 N–H and O–H groups in total. The van der Waals surface area contributed by atoms with Gasteiger partial charge in [0.15, 0.2) is 0 Å². The van der Waals surface area contributed by atoms with Crippen molar-refractivity contribution >= 4 is 11.8 Å². The maximum atomic E-state index is 12.7. The van der Waals surface area contributed by atoms with Gasteiger partial charge in [-0.25, -0.2) is 0 Å². The van der Waals surface area contributed by atoms with Crippen LogP contribution in [0.3, 0.4) is 0 Å². The summed E-state index contributed by atoms with van der Waals surface area (Å²) in [6, 6.07) is 9.70. The molecule has 27 heavy (non-hydrogen) atoms. The van der Waals surface area contributed by atoms with Gasteiger partial charge >= 0.3 is 0 Å². The Bertz CT molecular complexity index is 659. The van der Waals surface area contributed by atoms with Gasteiger partial charge in [-0.3, -0.25) is 14.5 Å². The molecule has 2 aliphatic heterocycles. The summed E-state index contributed by atoms with van der Waals surface area (Å²) >= 11 is 0. The molecule has 1 aromatic rings. The number of nitrogens with one attached hydrogen (secondary N) is 1. The van der Waals surface area contributed by atoms with Gasteiger partial charge in [0.2, 0.25) is 5.91 Å². The molecule has 0 bridgehead atoms. The minimum absolute atomic E-state index is 0.0251. The van der Waals surface area contributed by atoms with Crippen LogP contribution in [0.2, 0.25) is 0 Å². The average molecular weight is 370 g/mol. The van der Waals surface area contributed by atoms with Crippen LogP contribution in [0.1, 0.15) is 55.3 Å². The molecule has 2 heterocycles. The van der Waals surface area contributed by atoms with Gasteiger partial charge < -0.3 is 10.2 Å². The summed E-state index contributed by atoms with van der Waals surface area (Å²) in [5.41, 5.74) is 0.953. The number of nitrogens with zero attached hydrogens (tertiary/aromatic N) is 2. The minimum atomic E-state index is 0.0251. The summed E-state index contributed by atoms with van der Waals surface area (Å²) in [5.74, 6) is 0.314. The Morgan fingerprint density at radius 2 is 1.63 bits per heavy atom. The summed E-state index contributed by atoms with van der Waals surface area (Å²) < 4.78 is 0. The molecule has 1 unspecified atom stereocenters. The van der Waals surface area contributed by atoms with Gasteiger partial charge in [-0.2, -0.15) is 0 Å². The van der Waals surface area contributed by atoms with Crippen LogP contribution in [0, 0.1) is 5.41 Å². The second kappa shape index (κ2) is 8.01. The quantitative estimate of drug-likeness (QED) is 0.888. The first-order chi connectivity index (χ1) is 13.2. The summed E-state index contributed by atoms with van der Waals surface area (Å²) in [5, 5.41) is 3.20. The number of rotatable bonds is 4. The van der Waals surface area contributed by atoms with Gasteiger partial charge in [0.1, 0.15) is 0 Å². The van der Waals surface area contributed by atoms with E-state index >= 15 is 0 Å². The van der Waals surface area contributed by atoms with E-state index in [9.17, 15) is 9.59 Å². The van der Waals surface area contributed by atoms with E-state index in [1.807, 2.05) is 35.2 Å². The van der Waals surface area contributed by atoms with E-state index in [1.165, 1.54) is 25.7 Å². The van der Waals surface area contributed by atoms with Crippen molar-refractivity contribution in [3.63, 3.8) is 0 Å². The van der Waals surface area contributed by atoms with Crippen LogP contribution < -0.4 is 5.32 Å². The number of hydrogen-bond acceptors (Lipinski definition) is 3. The highest BCUT2D eigenvalue weighted by Crippen LogP contribution is 2.53. The van der Waals surface area contributed by atoms with Crippen LogP contribution in [0.5, 0.6) is 0 Å². The van der Waals surface area contributed by atoms with Crippen molar-refractivity contribution in [3.8, 4) is 0 Å². The first kappa shape index (κ1) is 18.5. The van der Waals surface area contributed by atoms with Crippen LogP contribution in [-0.2, 0) is 4.79 Å². The van der Waals surface area contributed by atoms with Crippen molar-refractivity contribution < 1.29 is 9.59 Å². The van der Waals surface area contributed by atoms with Crippen LogP contribution in [-0.4, -0.2) is 60.4 Å². The van der Waals surface area contributed by atoms with E-state index in [4.69, 9.17) is 0 Å². The zero-order chi connectivity index (χ0) is 18.7. The van der Waals surface area contributed by atoms with Gasteiger partial charge in [-0.15, -0.1) is 0 Å². The van der Waals surface area contributed by atoms with E-state index in [0.717, 1.165) is 51.0 Å². The fourth-order valence-electron chi connectivity index (χ4n) is 4.72. The monoisotopic (exact) mass is 369 g/mol. The highest BCUT2D eigenvalue weighted by atomic mass is 16.2. The third-order valence-corrected chi connectivity index (χ3v) is 6.70. The number of piperidine rings is 1. The van der Waals surface area contributed by atoms with Gasteiger partial charge in [0, 0.05) is 24.7 Å². The third kappa shape index (κ3) is 4.34. The Kier molecular flexibility index (Phi) is 5.48. The molecule has 3 fully saturated rings. The van der Waals surface area contributed by atoms with Crippen molar-refractivity contribution in [1.29, 1.82) is 0 Å². The number of carbonyl (C=O) groups is 2. The third-order valence-electron chi connectivity index (χ3n) is 6.70. The molecule has 4 rings (SSSR count). The van der Waals surface area contributed by atoms with Gasteiger partial charge in [0.05, 0.1) is 6.54 Å². The van der Waals surface area contributed by atoms with Crippen LogP contribution in [0.15, 0.2) is 30.3 Å². The smallest absolute Gasteiger partial charge is 0.251 e. The fraction of sp³-hybridized carbons (Fsp3) is 0.636. The normalized spacial score (nSPS) is 25.0. The zero-order valence-corrected chi connectivity index (χ0v) is 16.2. The lowest BCUT2D eigenvalue weighted by Gasteiger charge is -2.34. The minimum Gasteiger partial charge on any atom is -0.349 e. The molecule has 0 aromatic heterocycles. The first-order valence-electron chi connectivity index (χ1n) is 10.5. The lowest BCUT2D eigenvalue weighted by atomic mass is 9.92. The predicted molar refractivity (Wildman–Crippen MR) is 105 cm³/mol. The molecule has 1 spiro atoms. The highest BCUT2D eigenvalue weighted by molar-refractivity contribution is 5.94. The molecular formula is C22H31N3O2. The van der Waals surface area contributed by atoms with Crippen molar-refractivity contribution in [1.82, 2.24) is 15.1 Å².